The third kappa shape index (κ3) is 3.01. The number of Topliss-reactive ketones (excluding diaryl/α,β-unsaturated/α-hetero) is 1. The summed E-state index contributed by atoms with van der Waals surface area (Å²) in [4.78, 5) is 12.8. The Morgan fingerprint density at radius 3 is 2.80 bits per heavy atom. The summed E-state index contributed by atoms with van der Waals surface area (Å²) in [5.74, 6) is -0.249. The molecule has 1 aromatic carbocycles. The molecule has 0 atom stereocenters. The number of ketones is 1. The molecule has 0 amide bonds. The summed E-state index contributed by atoms with van der Waals surface area (Å²) in [5.41, 5.74) is 1.31. The highest BCUT2D eigenvalue weighted by molar-refractivity contribution is 7.08. The second kappa shape index (κ2) is 6.09. The first kappa shape index (κ1) is 14.6. The number of carbonyl (C=O) groups is 1. The van der Waals surface area contributed by atoms with Crippen molar-refractivity contribution in [3.63, 3.8) is 0 Å². The third-order valence-corrected chi connectivity index (χ3v) is 3.68. The number of hydrogen-bond acceptors (Lipinski definition) is 5. The van der Waals surface area contributed by atoms with Crippen molar-refractivity contribution in [3.8, 4) is 5.75 Å². The smallest absolute Gasteiger partial charge is 0.180 e. The number of rotatable bonds is 5. The largest absolute Gasteiger partial charge is 0.494 e. The molecule has 1 heterocycles. The van der Waals surface area contributed by atoms with Gasteiger partial charge in [0.1, 0.15) is 4.88 Å². The third-order valence-electron chi connectivity index (χ3n) is 2.89. The maximum Gasteiger partial charge on any atom is 0.180 e. The molecule has 6 heteroatoms. The van der Waals surface area contributed by atoms with E-state index in [-0.39, 0.29) is 23.9 Å². The van der Waals surface area contributed by atoms with Crippen LogP contribution in [0.2, 0.25) is 0 Å². The minimum Gasteiger partial charge on any atom is -0.494 e. The number of ether oxygens (including phenoxy) is 1. The first-order chi connectivity index (χ1) is 9.52. The van der Waals surface area contributed by atoms with Crippen molar-refractivity contribution < 1.29 is 13.9 Å². The van der Waals surface area contributed by atoms with Crippen molar-refractivity contribution in [3.05, 3.63) is 40.2 Å². The van der Waals surface area contributed by atoms with Gasteiger partial charge in [0.2, 0.25) is 0 Å². The highest BCUT2D eigenvalue weighted by atomic mass is 32.1. The van der Waals surface area contributed by atoms with E-state index in [1.165, 1.54) is 19.2 Å². The Labute approximate surface area is 120 Å². The number of benzene rings is 1. The van der Waals surface area contributed by atoms with Crippen LogP contribution in [-0.4, -0.2) is 22.5 Å². The van der Waals surface area contributed by atoms with Crippen LogP contribution in [0.5, 0.6) is 5.75 Å². The highest BCUT2D eigenvalue weighted by Crippen LogP contribution is 2.23. The molecule has 0 radical (unpaired) electrons. The maximum atomic E-state index is 13.6. The number of nitrogens with zero attached hydrogens (tertiary/aromatic N) is 2. The predicted molar refractivity (Wildman–Crippen MR) is 75.0 cm³/mol. The molecule has 2 aromatic rings. The zero-order valence-electron chi connectivity index (χ0n) is 11.5. The van der Waals surface area contributed by atoms with Crippen molar-refractivity contribution >= 4 is 17.3 Å². The summed E-state index contributed by atoms with van der Waals surface area (Å²) in [6, 6.07) is 4.52. The average Bonchev–Trinajstić information content (AvgIpc) is 2.88. The standard InChI is InChI=1S/C14H15FN2O2S/c1-8(2)13-14(20-17-16-13)11(18)7-9-4-5-12(19-3)10(15)6-9/h4-6,8H,7H2,1-3H3. The molecule has 0 spiro atoms. The molecular weight excluding hydrogens is 279 g/mol. The number of aromatic nitrogens is 2. The van der Waals surface area contributed by atoms with E-state index in [1.54, 1.807) is 6.07 Å². The van der Waals surface area contributed by atoms with Gasteiger partial charge in [0.25, 0.3) is 0 Å². The van der Waals surface area contributed by atoms with E-state index in [0.29, 0.717) is 16.1 Å². The van der Waals surface area contributed by atoms with Gasteiger partial charge in [-0.2, -0.15) is 0 Å². The fourth-order valence-corrected chi connectivity index (χ4v) is 2.61. The van der Waals surface area contributed by atoms with E-state index in [9.17, 15) is 9.18 Å². The van der Waals surface area contributed by atoms with Gasteiger partial charge in [-0.25, -0.2) is 4.39 Å². The zero-order valence-corrected chi connectivity index (χ0v) is 12.3. The average molecular weight is 294 g/mol. The highest BCUT2D eigenvalue weighted by Gasteiger charge is 2.19. The molecular formula is C14H15FN2O2S. The number of halogens is 1. The molecule has 106 valence electrons. The van der Waals surface area contributed by atoms with Gasteiger partial charge in [-0.1, -0.05) is 24.4 Å². The van der Waals surface area contributed by atoms with Crippen LogP contribution in [0.15, 0.2) is 18.2 Å². The van der Waals surface area contributed by atoms with Crippen molar-refractivity contribution in [1.82, 2.24) is 9.59 Å². The monoisotopic (exact) mass is 294 g/mol. The lowest BCUT2D eigenvalue weighted by molar-refractivity contribution is 0.0995. The van der Waals surface area contributed by atoms with E-state index >= 15 is 0 Å². The van der Waals surface area contributed by atoms with Gasteiger partial charge < -0.3 is 4.74 Å². The Bertz CT molecular complexity index is 625. The molecule has 4 nitrogen and oxygen atoms in total. The van der Waals surface area contributed by atoms with Gasteiger partial charge in [-0.15, -0.1) is 5.10 Å². The zero-order chi connectivity index (χ0) is 14.7. The summed E-state index contributed by atoms with van der Waals surface area (Å²) in [7, 11) is 1.40. The lowest BCUT2D eigenvalue weighted by Gasteiger charge is -2.05. The Hall–Kier alpha value is -1.82. The van der Waals surface area contributed by atoms with Gasteiger partial charge in [-0.05, 0) is 35.1 Å². The number of carbonyl (C=O) groups excluding carboxylic acids is 1. The van der Waals surface area contributed by atoms with Crippen LogP contribution >= 0.6 is 11.5 Å². The predicted octanol–water partition coefficient (Wildman–Crippen LogP) is 3.23. The van der Waals surface area contributed by atoms with Crippen molar-refractivity contribution in [2.75, 3.05) is 7.11 Å². The van der Waals surface area contributed by atoms with Gasteiger partial charge in [0, 0.05) is 6.42 Å². The summed E-state index contributed by atoms with van der Waals surface area (Å²) in [6.07, 6.45) is 0.129. The normalized spacial score (nSPS) is 10.8. The van der Waals surface area contributed by atoms with Gasteiger partial charge in [0.15, 0.2) is 17.3 Å². The topological polar surface area (TPSA) is 52.1 Å². The summed E-state index contributed by atoms with van der Waals surface area (Å²) in [6.45, 7) is 3.92. The number of hydrogen-bond donors (Lipinski definition) is 0. The summed E-state index contributed by atoms with van der Waals surface area (Å²) < 4.78 is 22.3. The van der Waals surface area contributed by atoms with E-state index in [2.05, 4.69) is 9.59 Å². The lowest BCUT2D eigenvalue weighted by atomic mass is 10.0. The maximum absolute atomic E-state index is 13.6. The van der Waals surface area contributed by atoms with Crippen LogP contribution in [0.4, 0.5) is 4.39 Å². The molecule has 0 bridgehead atoms. The van der Waals surface area contributed by atoms with E-state index < -0.39 is 5.82 Å². The summed E-state index contributed by atoms with van der Waals surface area (Å²) in [5, 5.41) is 3.98. The molecule has 0 N–H and O–H groups in total. The van der Waals surface area contributed by atoms with E-state index in [4.69, 9.17) is 4.74 Å². The van der Waals surface area contributed by atoms with E-state index in [1.807, 2.05) is 13.8 Å². The Morgan fingerprint density at radius 2 is 2.20 bits per heavy atom. The fourth-order valence-electron chi connectivity index (χ4n) is 1.85. The minimum atomic E-state index is -0.468. The van der Waals surface area contributed by atoms with Crippen molar-refractivity contribution in [2.45, 2.75) is 26.2 Å². The Balaban J connectivity index is 2.19. The molecule has 0 saturated carbocycles. The molecule has 0 aliphatic carbocycles. The Kier molecular flexibility index (Phi) is 4.44. The van der Waals surface area contributed by atoms with Crippen LogP contribution in [0.1, 0.15) is 40.7 Å². The lowest BCUT2D eigenvalue weighted by Crippen LogP contribution is -2.06. The SMILES string of the molecule is COc1ccc(CC(=O)c2snnc2C(C)C)cc1F. The molecule has 0 unspecified atom stereocenters. The second-order valence-electron chi connectivity index (χ2n) is 4.71. The van der Waals surface area contributed by atoms with Gasteiger partial charge in [0.05, 0.1) is 12.8 Å². The second-order valence-corrected chi connectivity index (χ2v) is 5.46. The first-order valence-corrected chi connectivity index (χ1v) is 6.98. The molecule has 2 rings (SSSR count). The van der Waals surface area contributed by atoms with Crippen LogP contribution in [-0.2, 0) is 6.42 Å². The molecule has 1 aromatic heterocycles. The Morgan fingerprint density at radius 1 is 1.45 bits per heavy atom. The molecule has 0 aliphatic rings. The van der Waals surface area contributed by atoms with Crippen LogP contribution < -0.4 is 4.74 Å². The first-order valence-electron chi connectivity index (χ1n) is 6.20. The van der Waals surface area contributed by atoms with Crippen LogP contribution in [0, 0.1) is 5.82 Å². The van der Waals surface area contributed by atoms with Crippen molar-refractivity contribution in [1.29, 1.82) is 0 Å². The van der Waals surface area contributed by atoms with Crippen LogP contribution in [0.25, 0.3) is 0 Å². The molecule has 20 heavy (non-hydrogen) atoms. The van der Waals surface area contributed by atoms with Crippen LogP contribution in [0.3, 0.4) is 0 Å². The minimum absolute atomic E-state index is 0.0896. The summed E-state index contributed by atoms with van der Waals surface area (Å²) >= 11 is 1.09. The van der Waals surface area contributed by atoms with E-state index in [0.717, 1.165) is 11.5 Å². The van der Waals surface area contributed by atoms with Gasteiger partial charge >= 0.3 is 0 Å². The molecule has 0 fully saturated rings. The van der Waals surface area contributed by atoms with Gasteiger partial charge in [-0.3, -0.25) is 4.79 Å². The quantitative estimate of drug-likeness (QED) is 0.794. The fraction of sp³-hybridized carbons (Fsp3) is 0.357. The van der Waals surface area contributed by atoms with Crippen molar-refractivity contribution in [2.24, 2.45) is 0 Å². The molecule has 0 saturated heterocycles. The molecule has 0 aliphatic heterocycles. The number of methoxy groups -OCH3 is 1.